The van der Waals surface area contributed by atoms with E-state index >= 15 is 0 Å². The summed E-state index contributed by atoms with van der Waals surface area (Å²) in [6, 6.07) is 15.8. The fraction of sp³-hybridized carbons (Fsp3) is 0.278. The second-order valence-corrected chi connectivity index (χ2v) is 5.55. The number of hydrogen-bond donors (Lipinski definition) is 0. The molecule has 0 saturated heterocycles. The van der Waals surface area contributed by atoms with E-state index in [-0.39, 0.29) is 30.9 Å². The summed E-state index contributed by atoms with van der Waals surface area (Å²) in [7, 11) is 0. The van der Waals surface area contributed by atoms with Crippen LogP contribution in [0.1, 0.15) is 18.4 Å². The third-order valence-corrected chi connectivity index (χ3v) is 3.64. The van der Waals surface area contributed by atoms with Gasteiger partial charge < -0.3 is 9.47 Å². The largest absolute Gasteiger partial charge is 0.486 e. The highest BCUT2D eigenvalue weighted by Crippen LogP contribution is 2.39. The van der Waals surface area contributed by atoms with Crippen molar-refractivity contribution in [3.8, 4) is 11.5 Å². The second-order valence-electron chi connectivity index (χ2n) is 5.55. The number of halogens is 2. The van der Waals surface area contributed by atoms with Gasteiger partial charge in [-0.25, -0.2) is 8.78 Å². The van der Waals surface area contributed by atoms with Crippen LogP contribution in [0.3, 0.4) is 0 Å². The second kappa shape index (κ2) is 6.36. The first kappa shape index (κ1) is 15.5. The van der Waals surface area contributed by atoms with Gasteiger partial charge in [-0.15, -0.1) is 0 Å². The van der Waals surface area contributed by atoms with Crippen LogP contribution in [0.2, 0.25) is 0 Å². The quantitative estimate of drug-likeness (QED) is 0.841. The van der Waals surface area contributed by atoms with Crippen LogP contribution in [0.4, 0.5) is 8.78 Å². The van der Waals surface area contributed by atoms with E-state index in [1.54, 1.807) is 18.2 Å². The lowest BCUT2D eigenvalue weighted by Crippen LogP contribution is -2.43. The highest BCUT2D eigenvalue weighted by atomic mass is 19.3. The molecule has 1 saturated carbocycles. The van der Waals surface area contributed by atoms with E-state index in [9.17, 15) is 13.6 Å². The number of rotatable bonds is 5. The molecule has 1 aliphatic carbocycles. The molecule has 0 heterocycles. The molecular weight excluding hydrogens is 302 g/mol. The molecular formula is C18H16F2O3. The van der Waals surface area contributed by atoms with Crippen molar-refractivity contribution in [2.24, 2.45) is 0 Å². The van der Waals surface area contributed by atoms with Crippen molar-refractivity contribution in [2.75, 3.05) is 0 Å². The van der Waals surface area contributed by atoms with E-state index in [0.29, 0.717) is 0 Å². The Morgan fingerprint density at radius 3 is 2.22 bits per heavy atom. The van der Waals surface area contributed by atoms with E-state index in [4.69, 9.17) is 9.47 Å². The fourth-order valence-corrected chi connectivity index (χ4v) is 2.37. The standard InChI is InChI=1S/C18H16F2O3/c19-18(20)10-14(11-18)23-16-9-5-4-8-15(17(16)21)22-12-13-6-2-1-3-7-13/h1-9,14H,10-12H2. The maximum Gasteiger partial charge on any atom is 0.262 e. The van der Waals surface area contributed by atoms with E-state index in [1.807, 2.05) is 30.3 Å². The normalized spacial score (nSPS) is 16.4. The lowest BCUT2D eigenvalue weighted by atomic mass is 9.91. The highest BCUT2D eigenvalue weighted by molar-refractivity contribution is 5.32. The van der Waals surface area contributed by atoms with Crippen LogP contribution in [-0.2, 0) is 6.61 Å². The monoisotopic (exact) mass is 318 g/mol. The lowest BCUT2D eigenvalue weighted by Gasteiger charge is -2.34. The minimum atomic E-state index is -2.68. The molecule has 0 amide bonds. The van der Waals surface area contributed by atoms with Gasteiger partial charge >= 0.3 is 0 Å². The van der Waals surface area contributed by atoms with Gasteiger partial charge in [-0.2, -0.15) is 0 Å². The summed E-state index contributed by atoms with van der Waals surface area (Å²) in [5, 5.41) is 0. The molecule has 2 aromatic carbocycles. The Labute approximate surface area is 132 Å². The first-order valence-corrected chi connectivity index (χ1v) is 7.38. The maximum absolute atomic E-state index is 12.9. The third kappa shape index (κ3) is 3.86. The highest BCUT2D eigenvalue weighted by Gasteiger charge is 2.47. The van der Waals surface area contributed by atoms with Crippen molar-refractivity contribution in [1.29, 1.82) is 0 Å². The van der Waals surface area contributed by atoms with Crippen LogP contribution in [0.25, 0.3) is 0 Å². The first-order chi connectivity index (χ1) is 11.0. The summed E-state index contributed by atoms with van der Waals surface area (Å²) in [6.45, 7) is 0.251. The molecule has 0 radical (unpaired) electrons. The molecule has 120 valence electrons. The molecule has 0 atom stereocenters. The van der Waals surface area contributed by atoms with Crippen molar-refractivity contribution in [1.82, 2.24) is 0 Å². The fourth-order valence-electron chi connectivity index (χ4n) is 2.37. The summed E-state index contributed by atoms with van der Waals surface area (Å²) < 4.78 is 36.7. The molecule has 0 unspecified atom stereocenters. The van der Waals surface area contributed by atoms with Crippen molar-refractivity contribution >= 4 is 0 Å². The first-order valence-electron chi connectivity index (χ1n) is 7.38. The zero-order chi connectivity index (χ0) is 16.3. The average Bonchev–Trinajstić information content (AvgIpc) is 2.67. The summed E-state index contributed by atoms with van der Waals surface area (Å²) in [5.41, 5.74) is 0.501. The van der Waals surface area contributed by atoms with Crippen LogP contribution in [0, 0.1) is 0 Å². The van der Waals surface area contributed by atoms with Gasteiger partial charge in [0.2, 0.25) is 0 Å². The van der Waals surface area contributed by atoms with Gasteiger partial charge in [0.25, 0.3) is 11.4 Å². The molecule has 23 heavy (non-hydrogen) atoms. The number of alkyl halides is 2. The third-order valence-electron chi connectivity index (χ3n) is 3.64. The Morgan fingerprint density at radius 1 is 0.957 bits per heavy atom. The average molecular weight is 318 g/mol. The van der Waals surface area contributed by atoms with Gasteiger partial charge in [0.15, 0.2) is 11.5 Å². The minimum Gasteiger partial charge on any atom is -0.486 e. The van der Waals surface area contributed by atoms with Gasteiger partial charge in [0.1, 0.15) is 12.7 Å². The molecule has 0 aromatic heterocycles. The molecule has 0 N–H and O–H groups in total. The van der Waals surface area contributed by atoms with Gasteiger partial charge in [-0.05, 0) is 17.7 Å². The molecule has 1 aliphatic rings. The Morgan fingerprint density at radius 2 is 1.57 bits per heavy atom. The Balaban J connectivity index is 1.73. The Kier molecular flexibility index (Phi) is 4.28. The molecule has 5 heteroatoms. The summed E-state index contributed by atoms with van der Waals surface area (Å²) in [6.07, 6.45) is -1.33. The summed E-state index contributed by atoms with van der Waals surface area (Å²) in [4.78, 5) is 12.4. The van der Waals surface area contributed by atoms with Crippen LogP contribution in [-0.4, -0.2) is 12.0 Å². The molecule has 0 bridgehead atoms. The molecule has 0 aliphatic heterocycles. The predicted molar refractivity (Wildman–Crippen MR) is 82.1 cm³/mol. The Hall–Kier alpha value is -2.43. The van der Waals surface area contributed by atoms with Crippen molar-refractivity contribution < 1.29 is 18.3 Å². The SMILES string of the molecule is O=c1c(OCc2ccccc2)ccccc1OC1CC(F)(F)C1. The van der Waals surface area contributed by atoms with Crippen molar-refractivity contribution in [3.05, 3.63) is 70.4 Å². The minimum absolute atomic E-state index is 0.0403. The van der Waals surface area contributed by atoms with Crippen LogP contribution in [0.5, 0.6) is 11.5 Å². The van der Waals surface area contributed by atoms with Crippen LogP contribution in [0.15, 0.2) is 59.4 Å². The van der Waals surface area contributed by atoms with E-state index in [1.165, 1.54) is 6.07 Å². The Bertz CT molecular complexity index is 724. The summed E-state index contributed by atoms with van der Waals surface area (Å²) in [5.74, 6) is -2.50. The lowest BCUT2D eigenvalue weighted by molar-refractivity contribution is -0.134. The van der Waals surface area contributed by atoms with Gasteiger partial charge in [0, 0.05) is 12.8 Å². The molecule has 3 rings (SSSR count). The van der Waals surface area contributed by atoms with Gasteiger partial charge in [0.05, 0.1) is 0 Å². The summed E-state index contributed by atoms with van der Waals surface area (Å²) >= 11 is 0. The van der Waals surface area contributed by atoms with Crippen LogP contribution >= 0.6 is 0 Å². The van der Waals surface area contributed by atoms with Crippen molar-refractivity contribution in [2.45, 2.75) is 31.5 Å². The van der Waals surface area contributed by atoms with Gasteiger partial charge in [-0.3, -0.25) is 4.79 Å². The zero-order valence-electron chi connectivity index (χ0n) is 12.4. The number of ether oxygens (including phenoxy) is 2. The van der Waals surface area contributed by atoms with Crippen LogP contribution < -0.4 is 14.9 Å². The molecule has 1 fully saturated rings. The van der Waals surface area contributed by atoms with E-state index in [2.05, 4.69) is 0 Å². The number of hydrogen-bond acceptors (Lipinski definition) is 3. The molecule has 3 nitrogen and oxygen atoms in total. The van der Waals surface area contributed by atoms with E-state index < -0.39 is 17.5 Å². The molecule has 2 aromatic rings. The molecule has 0 spiro atoms. The van der Waals surface area contributed by atoms with Gasteiger partial charge in [-0.1, -0.05) is 42.5 Å². The zero-order valence-corrected chi connectivity index (χ0v) is 12.4. The number of benzene rings is 1. The topological polar surface area (TPSA) is 35.5 Å². The maximum atomic E-state index is 12.9. The predicted octanol–water partition coefficient (Wildman–Crippen LogP) is 3.80. The van der Waals surface area contributed by atoms with Crippen molar-refractivity contribution in [3.63, 3.8) is 0 Å². The van der Waals surface area contributed by atoms with E-state index in [0.717, 1.165) is 5.56 Å². The smallest absolute Gasteiger partial charge is 0.262 e.